The second-order valence-electron chi connectivity index (χ2n) is 5.66. The van der Waals surface area contributed by atoms with Gasteiger partial charge in [-0.1, -0.05) is 0 Å². The summed E-state index contributed by atoms with van der Waals surface area (Å²) in [6, 6.07) is 0.0544. The second-order valence-corrected chi connectivity index (χ2v) is 7.49. The van der Waals surface area contributed by atoms with Gasteiger partial charge in [-0.3, -0.25) is 5.10 Å². The number of fused-ring (bicyclic) bond motifs is 1. The van der Waals surface area contributed by atoms with Gasteiger partial charge in [0.1, 0.15) is 4.90 Å². The summed E-state index contributed by atoms with van der Waals surface area (Å²) in [4.78, 5) is 0.354. The molecule has 1 aromatic rings. The van der Waals surface area contributed by atoms with Crippen molar-refractivity contribution in [3.05, 3.63) is 11.4 Å². The second kappa shape index (κ2) is 4.29. The molecule has 7 heteroatoms. The lowest BCUT2D eigenvalue weighted by molar-refractivity contribution is 0.360. The molecular weight excluding hydrogens is 264 g/mol. The van der Waals surface area contributed by atoms with E-state index in [9.17, 15) is 8.42 Å². The topological polar surface area (TPSA) is 78.1 Å². The lowest BCUT2D eigenvalue weighted by Gasteiger charge is -2.23. The molecule has 1 aromatic heterocycles. The van der Waals surface area contributed by atoms with Crippen molar-refractivity contribution >= 4 is 10.0 Å². The molecule has 6 nitrogen and oxygen atoms in total. The molecule has 0 saturated carbocycles. The first kappa shape index (κ1) is 13.1. The molecule has 3 rings (SSSR count). The molecule has 0 spiro atoms. The van der Waals surface area contributed by atoms with Gasteiger partial charge in [0, 0.05) is 12.6 Å². The van der Waals surface area contributed by atoms with Crippen molar-refractivity contribution in [3.8, 4) is 0 Å². The molecule has 106 valence electrons. The molecule has 2 aliphatic rings. The zero-order valence-corrected chi connectivity index (χ0v) is 12.3. The lowest BCUT2D eigenvalue weighted by Crippen LogP contribution is -2.38. The van der Waals surface area contributed by atoms with Crippen LogP contribution in [-0.4, -0.2) is 48.6 Å². The van der Waals surface area contributed by atoms with Crippen LogP contribution in [0, 0.1) is 25.7 Å². The largest absolute Gasteiger partial charge is 0.316 e. The fraction of sp³-hybridized carbons (Fsp3) is 0.750. The van der Waals surface area contributed by atoms with Gasteiger partial charge in [0.2, 0.25) is 10.0 Å². The number of aromatic amines is 1. The number of rotatable bonds is 2. The SMILES string of the molecule is Cc1n[nH]c(C)c1S(=O)(=O)N1CC2CNCC2C1C. The van der Waals surface area contributed by atoms with Gasteiger partial charge in [-0.05, 0) is 45.7 Å². The third-order valence-electron chi connectivity index (χ3n) is 4.51. The van der Waals surface area contributed by atoms with Crippen LogP contribution in [0.1, 0.15) is 18.3 Å². The minimum absolute atomic E-state index is 0.0544. The molecule has 0 aromatic carbocycles. The molecule has 2 aliphatic heterocycles. The van der Waals surface area contributed by atoms with E-state index in [0.29, 0.717) is 34.7 Å². The van der Waals surface area contributed by atoms with Crippen molar-refractivity contribution in [2.75, 3.05) is 19.6 Å². The maximum Gasteiger partial charge on any atom is 0.246 e. The average Bonchev–Trinajstić information content (AvgIpc) is 2.97. The third kappa shape index (κ3) is 1.83. The maximum absolute atomic E-state index is 12.8. The molecule has 3 heterocycles. The molecule has 0 bridgehead atoms. The highest BCUT2D eigenvalue weighted by atomic mass is 32.2. The van der Waals surface area contributed by atoms with E-state index in [1.165, 1.54) is 0 Å². The number of nitrogens with one attached hydrogen (secondary N) is 2. The zero-order chi connectivity index (χ0) is 13.8. The minimum atomic E-state index is -3.44. The number of H-pyrrole nitrogens is 1. The van der Waals surface area contributed by atoms with Gasteiger partial charge in [-0.25, -0.2) is 8.42 Å². The Kier molecular flexibility index (Phi) is 2.95. The van der Waals surface area contributed by atoms with E-state index in [-0.39, 0.29) is 6.04 Å². The highest BCUT2D eigenvalue weighted by Gasteiger charge is 2.47. The summed E-state index contributed by atoms with van der Waals surface area (Å²) in [7, 11) is -3.44. The van der Waals surface area contributed by atoms with Crippen molar-refractivity contribution < 1.29 is 8.42 Å². The van der Waals surface area contributed by atoms with E-state index in [4.69, 9.17) is 0 Å². The first-order chi connectivity index (χ1) is 8.93. The van der Waals surface area contributed by atoms with Crippen LogP contribution in [0.4, 0.5) is 0 Å². The summed E-state index contributed by atoms with van der Waals surface area (Å²) < 4.78 is 27.3. The van der Waals surface area contributed by atoms with Crippen LogP contribution in [0.25, 0.3) is 0 Å². The van der Waals surface area contributed by atoms with E-state index < -0.39 is 10.0 Å². The fourth-order valence-electron chi connectivity index (χ4n) is 3.48. The van der Waals surface area contributed by atoms with Crippen LogP contribution in [0.3, 0.4) is 0 Å². The summed E-state index contributed by atoms with van der Waals surface area (Å²) in [6.45, 7) is 7.96. The normalized spacial score (nSPS) is 31.8. The number of nitrogens with zero attached hydrogens (tertiary/aromatic N) is 2. The van der Waals surface area contributed by atoms with E-state index in [1.54, 1.807) is 18.2 Å². The number of aromatic nitrogens is 2. The summed E-state index contributed by atoms with van der Waals surface area (Å²) in [5, 5.41) is 10.1. The van der Waals surface area contributed by atoms with Crippen LogP contribution in [0.2, 0.25) is 0 Å². The van der Waals surface area contributed by atoms with E-state index in [0.717, 1.165) is 13.1 Å². The molecule has 0 radical (unpaired) electrons. The first-order valence-electron chi connectivity index (χ1n) is 6.67. The van der Waals surface area contributed by atoms with Crippen molar-refractivity contribution in [1.82, 2.24) is 19.8 Å². The molecule has 0 amide bonds. The molecule has 2 fully saturated rings. The van der Waals surface area contributed by atoms with Crippen LogP contribution in [-0.2, 0) is 10.0 Å². The summed E-state index contributed by atoms with van der Waals surface area (Å²) in [5.41, 5.74) is 1.18. The van der Waals surface area contributed by atoms with E-state index in [1.807, 2.05) is 6.92 Å². The Bertz CT molecular complexity index is 575. The van der Waals surface area contributed by atoms with Gasteiger partial charge in [-0.15, -0.1) is 0 Å². The van der Waals surface area contributed by atoms with Gasteiger partial charge in [0.15, 0.2) is 0 Å². The molecule has 0 aliphatic carbocycles. The van der Waals surface area contributed by atoms with Crippen LogP contribution in [0.15, 0.2) is 4.90 Å². The van der Waals surface area contributed by atoms with Gasteiger partial charge in [0.05, 0.1) is 11.4 Å². The Morgan fingerprint density at radius 3 is 2.63 bits per heavy atom. The number of hydrogen-bond donors (Lipinski definition) is 2. The standard InChI is InChI=1S/C12H20N4O2S/c1-7-12(8(2)15-14-7)19(17,18)16-6-10-4-13-5-11(10)9(16)3/h9-11,13H,4-6H2,1-3H3,(H,14,15). The predicted octanol–water partition coefficient (Wildman–Crippen LogP) is 0.255. The Labute approximate surface area is 113 Å². The van der Waals surface area contributed by atoms with Gasteiger partial charge in [-0.2, -0.15) is 9.40 Å². The van der Waals surface area contributed by atoms with Crippen LogP contribution >= 0.6 is 0 Å². The van der Waals surface area contributed by atoms with E-state index in [2.05, 4.69) is 15.5 Å². The van der Waals surface area contributed by atoms with Crippen molar-refractivity contribution in [1.29, 1.82) is 0 Å². The number of aryl methyl sites for hydroxylation is 2. The van der Waals surface area contributed by atoms with Crippen molar-refractivity contribution in [2.24, 2.45) is 11.8 Å². The molecule has 19 heavy (non-hydrogen) atoms. The molecule has 2 N–H and O–H groups in total. The number of sulfonamides is 1. The summed E-state index contributed by atoms with van der Waals surface area (Å²) in [6.07, 6.45) is 0. The smallest absolute Gasteiger partial charge is 0.246 e. The first-order valence-corrected chi connectivity index (χ1v) is 8.11. The Hall–Kier alpha value is -0.920. The Morgan fingerprint density at radius 2 is 2.05 bits per heavy atom. The van der Waals surface area contributed by atoms with E-state index >= 15 is 0 Å². The monoisotopic (exact) mass is 284 g/mol. The quantitative estimate of drug-likeness (QED) is 0.816. The average molecular weight is 284 g/mol. The molecule has 2 saturated heterocycles. The van der Waals surface area contributed by atoms with Crippen LogP contribution < -0.4 is 5.32 Å². The third-order valence-corrected chi connectivity index (χ3v) is 6.72. The van der Waals surface area contributed by atoms with Gasteiger partial charge >= 0.3 is 0 Å². The van der Waals surface area contributed by atoms with Crippen molar-refractivity contribution in [3.63, 3.8) is 0 Å². The van der Waals surface area contributed by atoms with Crippen molar-refractivity contribution in [2.45, 2.75) is 31.7 Å². The molecule has 3 atom stereocenters. The highest BCUT2D eigenvalue weighted by molar-refractivity contribution is 7.89. The Morgan fingerprint density at radius 1 is 1.32 bits per heavy atom. The predicted molar refractivity (Wildman–Crippen MR) is 71.3 cm³/mol. The van der Waals surface area contributed by atoms with Crippen LogP contribution in [0.5, 0.6) is 0 Å². The van der Waals surface area contributed by atoms with Gasteiger partial charge in [0.25, 0.3) is 0 Å². The maximum atomic E-state index is 12.8. The summed E-state index contributed by atoms with van der Waals surface area (Å²) >= 11 is 0. The lowest BCUT2D eigenvalue weighted by atomic mass is 9.95. The minimum Gasteiger partial charge on any atom is -0.316 e. The Balaban J connectivity index is 1.98. The molecular formula is C12H20N4O2S. The fourth-order valence-corrected chi connectivity index (χ4v) is 5.55. The zero-order valence-electron chi connectivity index (χ0n) is 11.5. The van der Waals surface area contributed by atoms with Gasteiger partial charge < -0.3 is 5.32 Å². The summed E-state index contributed by atoms with van der Waals surface area (Å²) in [5.74, 6) is 0.875. The molecule has 3 unspecified atom stereocenters. The number of hydrogen-bond acceptors (Lipinski definition) is 4. The highest BCUT2D eigenvalue weighted by Crippen LogP contribution is 2.36.